The third-order valence-corrected chi connectivity index (χ3v) is 7.58. The Morgan fingerprint density at radius 2 is 2.03 bits per heavy atom. The average Bonchev–Trinajstić information content (AvgIpc) is 3.13. The summed E-state index contributed by atoms with van der Waals surface area (Å²) >= 11 is 6.04. The lowest BCUT2D eigenvalue weighted by molar-refractivity contribution is -0.131. The summed E-state index contributed by atoms with van der Waals surface area (Å²) in [5, 5.41) is 17.0. The van der Waals surface area contributed by atoms with Crippen LogP contribution in [0.3, 0.4) is 0 Å². The van der Waals surface area contributed by atoms with E-state index in [4.69, 9.17) is 11.6 Å². The van der Waals surface area contributed by atoms with E-state index in [9.17, 15) is 10.1 Å². The Bertz CT molecular complexity index is 840. The van der Waals surface area contributed by atoms with Gasteiger partial charge in [-0.15, -0.1) is 0 Å². The van der Waals surface area contributed by atoms with Gasteiger partial charge >= 0.3 is 0 Å². The summed E-state index contributed by atoms with van der Waals surface area (Å²) < 4.78 is 0. The van der Waals surface area contributed by atoms with Gasteiger partial charge in [0.15, 0.2) is 0 Å². The number of nitriles is 1. The van der Waals surface area contributed by atoms with Gasteiger partial charge < -0.3 is 15.5 Å². The minimum Gasteiger partial charge on any atom is -0.363 e. The second-order valence-corrected chi connectivity index (χ2v) is 9.99. The normalized spacial score (nSPS) is 37.5. The molecule has 2 N–H and O–H groups in total. The summed E-state index contributed by atoms with van der Waals surface area (Å²) in [6.45, 7) is 1.03. The number of nitrogens with one attached hydrogen (secondary N) is 2. The summed E-state index contributed by atoms with van der Waals surface area (Å²) in [6.07, 6.45) is 11.8. The second-order valence-electron chi connectivity index (χ2n) is 9.60. The van der Waals surface area contributed by atoms with Gasteiger partial charge in [-0.05, 0) is 63.2 Å². The van der Waals surface area contributed by atoms with Crippen molar-refractivity contribution in [2.24, 2.45) is 11.8 Å². The lowest BCUT2D eigenvalue weighted by Crippen LogP contribution is -2.67. The van der Waals surface area contributed by atoms with Crippen LogP contribution in [0.4, 0.5) is 5.82 Å². The van der Waals surface area contributed by atoms with Crippen LogP contribution in [-0.2, 0) is 4.79 Å². The molecule has 0 spiro atoms. The molecule has 1 aromatic rings. The number of rotatable bonds is 5. The first-order chi connectivity index (χ1) is 14.0. The fraction of sp³-hybridized carbons (Fsp3) is 0.714. The molecule has 1 amide bonds. The van der Waals surface area contributed by atoms with Gasteiger partial charge in [-0.2, -0.15) is 5.26 Å². The lowest BCUT2D eigenvalue weighted by atomic mass is 9.50. The molecule has 8 heteroatoms. The number of likely N-dealkylation sites (tertiary alicyclic amines) is 1. The van der Waals surface area contributed by atoms with Crippen molar-refractivity contribution < 1.29 is 4.79 Å². The Hall–Kier alpha value is -1.91. The van der Waals surface area contributed by atoms with Gasteiger partial charge in [0.25, 0.3) is 0 Å². The quantitative estimate of drug-likeness (QED) is 0.769. The number of hydrogen-bond acceptors (Lipinski definition) is 6. The average molecular weight is 415 g/mol. The maximum atomic E-state index is 12.8. The number of amides is 1. The molecule has 2 unspecified atom stereocenters. The summed E-state index contributed by atoms with van der Waals surface area (Å²) in [7, 11) is 0. The topological polar surface area (TPSA) is 93.9 Å². The maximum absolute atomic E-state index is 12.8. The van der Waals surface area contributed by atoms with E-state index in [1.807, 2.05) is 0 Å². The first-order valence-electron chi connectivity index (χ1n) is 10.7. The number of hydrogen-bond donors (Lipinski definition) is 2. The molecule has 4 aliphatic carbocycles. The predicted octanol–water partition coefficient (Wildman–Crippen LogP) is 2.74. The molecule has 3 atom stereocenters. The highest BCUT2D eigenvalue weighted by atomic mass is 35.5. The van der Waals surface area contributed by atoms with E-state index >= 15 is 0 Å². The molecule has 4 bridgehead atoms. The van der Waals surface area contributed by atoms with Crippen molar-refractivity contribution in [3.8, 4) is 6.07 Å². The summed E-state index contributed by atoms with van der Waals surface area (Å²) in [5.74, 6) is 2.13. The minimum atomic E-state index is -0.255. The third kappa shape index (κ3) is 3.57. The summed E-state index contributed by atoms with van der Waals surface area (Å²) in [5.41, 5.74) is -0.0249. The first kappa shape index (κ1) is 19.1. The molecule has 0 aromatic carbocycles. The number of aromatic nitrogens is 2. The van der Waals surface area contributed by atoms with Crippen molar-refractivity contribution in [3.63, 3.8) is 0 Å². The van der Waals surface area contributed by atoms with E-state index in [0.29, 0.717) is 30.1 Å². The Morgan fingerprint density at radius 3 is 2.76 bits per heavy atom. The van der Waals surface area contributed by atoms with Gasteiger partial charge in [-0.3, -0.25) is 9.78 Å². The Kier molecular flexibility index (Phi) is 4.67. The fourth-order valence-electron chi connectivity index (χ4n) is 6.85. The van der Waals surface area contributed by atoms with Crippen molar-refractivity contribution in [2.45, 2.75) is 68.5 Å². The Balaban J connectivity index is 1.30. The van der Waals surface area contributed by atoms with E-state index in [1.54, 1.807) is 17.3 Å². The SMILES string of the molecule is N#C[C@@H]1CCCN1C(=O)CNC12CC3CC(C1)CC(Nc1cncc(Cl)n1)(C3)C2. The molecule has 1 aromatic heterocycles. The summed E-state index contributed by atoms with van der Waals surface area (Å²) in [6, 6.07) is 2.02. The molecular weight excluding hydrogens is 388 g/mol. The highest BCUT2D eigenvalue weighted by molar-refractivity contribution is 6.29. The number of carbonyl (C=O) groups excluding carboxylic acids is 1. The number of anilines is 1. The van der Waals surface area contributed by atoms with E-state index in [-0.39, 0.29) is 23.0 Å². The molecule has 7 nitrogen and oxygen atoms in total. The van der Waals surface area contributed by atoms with Gasteiger partial charge in [-0.25, -0.2) is 4.98 Å². The van der Waals surface area contributed by atoms with Gasteiger partial charge in [0.2, 0.25) is 5.91 Å². The van der Waals surface area contributed by atoms with Crippen LogP contribution >= 0.6 is 11.6 Å². The van der Waals surface area contributed by atoms with Crippen LogP contribution in [0.5, 0.6) is 0 Å². The van der Waals surface area contributed by atoms with E-state index in [2.05, 4.69) is 26.7 Å². The van der Waals surface area contributed by atoms with Crippen molar-refractivity contribution in [1.82, 2.24) is 20.2 Å². The third-order valence-electron chi connectivity index (χ3n) is 7.40. The smallest absolute Gasteiger partial charge is 0.237 e. The molecule has 6 rings (SSSR count). The van der Waals surface area contributed by atoms with Crippen molar-refractivity contribution >= 4 is 23.3 Å². The van der Waals surface area contributed by atoms with E-state index in [1.165, 1.54) is 6.42 Å². The molecule has 0 radical (unpaired) electrons. The van der Waals surface area contributed by atoms with Crippen molar-refractivity contribution in [2.75, 3.05) is 18.4 Å². The molecule has 1 saturated heterocycles. The molecule has 29 heavy (non-hydrogen) atoms. The van der Waals surface area contributed by atoms with E-state index in [0.717, 1.165) is 50.8 Å². The van der Waals surface area contributed by atoms with E-state index < -0.39 is 0 Å². The molecule has 5 fully saturated rings. The highest BCUT2D eigenvalue weighted by Gasteiger charge is 2.58. The van der Waals surface area contributed by atoms with Gasteiger partial charge in [0.1, 0.15) is 17.0 Å². The van der Waals surface area contributed by atoms with Crippen LogP contribution in [0, 0.1) is 23.2 Å². The zero-order valence-corrected chi connectivity index (χ0v) is 17.3. The highest BCUT2D eigenvalue weighted by Crippen LogP contribution is 2.58. The largest absolute Gasteiger partial charge is 0.363 e. The zero-order valence-electron chi connectivity index (χ0n) is 16.5. The number of carbonyl (C=O) groups is 1. The van der Waals surface area contributed by atoms with Crippen LogP contribution < -0.4 is 10.6 Å². The molecule has 4 saturated carbocycles. The molecule has 1 aliphatic heterocycles. The second kappa shape index (κ2) is 7.10. The number of halogens is 1. The first-order valence-corrected chi connectivity index (χ1v) is 11.1. The Labute approximate surface area is 176 Å². The van der Waals surface area contributed by atoms with Crippen LogP contribution in [0.25, 0.3) is 0 Å². The van der Waals surface area contributed by atoms with Gasteiger partial charge in [0.05, 0.1) is 25.0 Å². The number of nitrogens with zero attached hydrogens (tertiary/aromatic N) is 4. The van der Waals surface area contributed by atoms with Crippen LogP contribution in [0.15, 0.2) is 12.4 Å². The van der Waals surface area contributed by atoms with Gasteiger partial charge in [-0.1, -0.05) is 11.6 Å². The molecule has 2 heterocycles. The molecular formula is C21H27ClN6O. The van der Waals surface area contributed by atoms with Crippen LogP contribution in [-0.4, -0.2) is 51.0 Å². The standard InChI is InChI=1S/C21H27ClN6O/c22-17-10-24-11-18(26-17)27-21-7-14-4-15(8-21)6-20(5-14,13-21)25-12-19(29)28-3-1-2-16(28)9-23/h10-11,14-16,25H,1-8,12-13H2,(H,26,27)/t14?,15?,16-,20?,21?/m0/s1. The Morgan fingerprint density at radius 1 is 1.28 bits per heavy atom. The maximum Gasteiger partial charge on any atom is 0.237 e. The molecule has 154 valence electrons. The minimum absolute atomic E-state index is 0.0116. The van der Waals surface area contributed by atoms with Crippen LogP contribution in [0.1, 0.15) is 51.4 Å². The van der Waals surface area contributed by atoms with Crippen LogP contribution in [0.2, 0.25) is 5.15 Å². The monoisotopic (exact) mass is 414 g/mol. The molecule has 5 aliphatic rings. The lowest BCUT2D eigenvalue weighted by Gasteiger charge is -2.62. The fourth-order valence-corrected chi connectivity index (χ4v) is 7.00. The van der Waals surface area contributed by atoms with Crippen molar-refractivity contribution in [3.05, 3.63) is 17.5 Å². The van der Waals surface area contributed by atoms with Crippen molar-refractivity contribution in [1.29, 1.82) is 5.26 Å². The van der Waals surface area contributed by atoms with Gasteiger partial charge in [0, 0.05) is 17.6 Å². The summed E-state index contributed by atoms with van der Waals surface area (Å²) in [4.78, 5) is 23.1. The predicted molar refractivity (Wildman–Crippen MR) is 109 cm³/mol. The zero-order chi connectivity index (χ0) is 20.1.